The molecule has 0 spiro atoms. The highest BCUT2D eigenvalue weighted by molar-refractivity contribution is 9.10. The molecule has 0 unspecified atom stereocenters. The van der Waals surface area contributed by atoms with Gasteiger partial charge in [0.05, 0.1) is 0 Å². The number of hydrogen-bond donors (Lipinski definition) is 1. The van der Waals surface area contributed by atoms with Gasteiger partial charge in [-0.3, -0.25) is 0 Å². The summed E-state index contributed by atoms with van der Waals surface area (Å²) in [7, 11) is 0. The summed E-state index contributed by atoms with van der Waals surface area (Å²) in [5.74, 6) is 0.612. The Morgan fingerprint density at radius 3 is 2.94 bits per heavy atom. The summed E-state index contributed by atoms with van der Waals surface area (Å²) in [6, 6.07) is 7.68. The SMILES string of the molecule is CSc1ccnc(NCc2ccc(Br)cc2Cl)n1. The summed E-state index contributed by atoms with van der Waals surface area (Å²) in [6.07, 6.45) is 3.72. The van der Waals surface area contributed by atoms with Gasteiger partial charge in [0.25, 0.3) is 0 Å². The number of benzene rings is 1. The summed E-state index contributed by atoms with van der Waals surface area (Å²) in [5.41, 5.74) is 1.01. The molecule has 0 aliphatic heterocycles. The molecule has 3 nitrogen and oxygen atoms in total. The van der Waals surface area contributed by atoms with Crippen LogP contribution in [0.5, 0.6) is 0 Å². The summed E-state index contributed by atoms with van der Waals surface area (Å²) in [6.45, 7) is 0.601. The number of thioether (sulfide) groups is 1. The second-order valence-corrected chi connectivity index (χ2v) is 5.66. The van der Waals surface area contributed by atoms with E-state index in [9.17, 15) is 0 Å². The van der Waals surface area contributed by atoms with Crippen molar-refractivity contribution in [3.63, 3.8) is 0 Å². The fourth-order valence-electron chi connectivity index (χ4n) is 1.38. The van der Waals surface area contributed by atoms with Crippen LogP contribution in [-0.4, -0.2) is 16.2 Å². The van der Waals surface area contributed by atoms with E-state index < -0.39 is 0 Å². The molecule has 1 aromatic heterocycles. The van der Waals surface area contributed by atoms with Crippen LogP contribution in [0.3, 0.4) is 0 Å². The Hall–Kier alpha value is -0.780. The molecule has 1 N–H and O–H groups in total. The van der Waals surface area contributed by atoms with Gasteiger partial charge >= 0.3 is 0 Å². The number of rotatable bonds is 4. The van der Waals surface area contributed by atoms with E-state index in [1.54, 1.807) is 18.0 Å². The van der Waals surface area contributed by atoms with Crippen molar-refractivity contribution in [1.29, 1.82) is 0 Å². The Bertz CT molecular complexity index is 551. The van der Waals surface area contributed by atoms with Crippen LogP contribution in [0.15, 0.2) is 40.0 Å². The van der Waals surface area contributed by atoms with Crippen LogP contribution in [0.25, 0.3) is 0 Å². The molecule has 2 rings (SSSR count). The Labute approximate surface area is 124 Å². The van der Waals surface area contributed by atoms with Crippen molar-refractivity contribution < 1.29 is 0 Å². The molecule has 0 saturated heterocycles. The zero-order valence-electron chi connectivity index (χ0n) is 9.65. The van der Waals surface area contributed by atoms with E-state index in [2.05, 4.69) is 31.2 Å². The summed E-state index contributed by atoms with van der Waals surface area (Å²) in [5, 5.41) is 4.82. The fraction of sp³-hybridized carbons (Fsp3) is 0.167. The largest absolute Gasteiger partial charge is 0.350 e. The van der Waals surface area contributed by atoms with Gasteiger partial charge in [0.2, 0.25) is 5.95 Å². The lowest BCUT2D eigenvalue weighted by Crippen LogP contribution is -2.04. The van der Waals surface area contributed by atoms with Crippen LogP contribution in [0.4, 0.5) is 5.95 Å². The molecule has 2 aromatic rings. The first kappa shape index (κ1) is 13.6. The topological polar surface area (TPSA) is 37.8 Å². The lowest BCUT2D eigenvalue weighted by Gasteiger charge is -2.07. The number of aromatic nitrogens is 2. The standard InChI is InChI=1S/C12H11BrClN3S/c1-18-11-4-5-15-12(17-11)16-7-8-2-3-9(13)6-10(8)14/h2-6H,7H2,1H3,(H,15,16,17). The minimum atomic E-state index is 0.601. The molecular weight excluding hydrogens is 334 g/mol. The first-order valence-electron chi connectivity index (χ1n) is 5.24. The Morgan fingerprint density at radius 1 is 1.39 bits per heavy atom. The summed E-state index contributed by atoms with van der Waals surface area (Å²) in [4.78, 5) is 8.50. The van der Waals surface area contributed by atoms with Crippen LogP contribution >= 0.6 is 39.3 Å². The Balaban J connectivity index is 2.06. The predicted molar refractivity (Wildman–Crippen MR) is 80.3 cm³/mol. The molecule has 0 fully saturated rings. The minimum absolute atomic E-state index is 0.601. The van der Waals surface area contributed by atoms with Crippen molar-refractivity contribution in [2.45, 2.75) is 11.6 Å². The van der Waals surface area contributed by atoms with Gasteiger partial charge in [0.1, 0.15) is 5.03 Å². The van der Waals surface area contributed by atoms with Gasteiger partial charge in [0, 0.05) is 22.2 Å². The van der Waals surface area contributed by atoms with Gasteiger partial charge in [-0.2, -0.15) is 0 Å². The molecule has 18 heavy (non-hydrogen) atoms. The van der Waals surface area contributed by atoms with E-state index in [0.29, 0.717) is 12.5 Å². The average molecular weight is 345 g/mol. The molecule has 0 aliphatic rings. The quantitative estimate of drug-likeness (QED) is 0.665. The normalized spacial score (nSPS) is 10.4. The molecule has 94 valence electrons. The molecule has 1 heterocycles. The molecular formula is C12H11BrClN3S. The maximum Gasteiger partial charge on any atom is 0.223 e. The van der Waals surface area contributed by atoms with E-state index >= 15 is 0 Å². The third-order valence-corrected chi connectivity index (χ3v) is 3.78. The first-order valence-corrected chi connectivity index (χ1v) is 7.63. The molecule has 0 bridgehead atoms. The van der Waals surface area contributed by atoms with Gasteiger partial charge in [-0.1, -0.05) is 33.6 Å². The molecule has 0 aliphatic carbocycles. The second kappa shape index (κ2) is 6.41. The highest BCUT2D eigenvalue weighted by atomic mass is 79.9. The molecule has 0 radical (unpaired) electrons. The number of halogens is 2. The average Bonchev–Trinajstić information content (AvgIpc) is 2.38. The lowest BCUT2D eigenvalue weighted by atomic mass is 10.2. The zero-order valence-corrected chi connectivity index (χ0v) is 12.8. The third kappa shape index (κ3) is 3.60. The van der Waals surface area contributed by atoms with E-state index in [-0.39, 0.29) is 0 Å². The van der Waals surface area contributed by atoms with Gasteiger partial charge in [-0.15, -0.1) is 11.8 Å². The number of hydrogen-bond acceptors (Lipinski definition) is 4. The summed E-state index contributed by atoms with van der Waals surface area (Å²) < 4.78 is 0.969. The van der Waals surface area contributed by atoms with Crippen molar-refractivity contribution in [2.75, 3.05) is 11.6 Å². The number of nitrogens with one attached hydrogen (secondary N) is 1. The van der Waals surface area contributed by atoms with Crippen LogP contribution in [-0.2, 0) is 6.54 Å². The fourth-order valence-corrected chi connectivity index (χ4v) is 2.50. The van der Waals surface area contributed by atoms with E-state index in [1.807, 2.05) is 30.5 Å². The van der Waals surface area contributed by atoms with Crippen molar-refractivity contribution in [3.8, 4) is 0 Å². The first-order chi connectivity index (χ1) is 8.69. The van der Waals surface area contributed by atoms with Gasteiger partial charge in [0.15, 0.2) is 0 Å². The maximum absolute atomic E-state index is 6.14. The highest BCUT2D eigenvalue weighted by Crippen LogP contribution is 2.22. The zero-order chi connectivity index (χ0) is 13.0. The van der Waals surface area contributed by atoms with Crippen molar-refractivity contribution in [3.05, 3.63) is 45.5 Å². The van der Waals surface area contributed by atoms with E-state index in [1.165, 1.54) is 0 Å². The molecule has 6 heteroatoms. The van der Waals surface area contributed by atoms with Crippen molar-refractivity contribution in [1.82, 2.24) is 9.97 Å². The molecule has 1 aromatic carbocycles. The van der Waals surface area contributed by atoms with Gasteiger partial charge in [-0.05, 0) is 30.0 Å². The van der Waals surface area contributed by atoms with Crippen molar-refractivity contribution >= 4 is 45.2 Å². The van der Waals surface area contributed by atoms with Crippen LogP contribution in [0.1, 0.15) is 5.56 Å². The van der Waals surface area contributed by atoms with Crippen LogP contribution < -0.4 is 5.32 Å². The van der Waals surface area contributed by atoms with Gasteiger partial charge < -0.3 is 5.32 Å². The van der Waals surface area contributed by atoms with Crippen molar-refractivity contribution in [2.24, 2.45) is 0 Å². The Morgan fingerprint density at radius 2 is 2.22 bits per heavy atom. The number of anilines is 1. The highest BCUT2D eigenvalue weighted by Gasteiger charge is 2.02. The van der Waals surface area contributed by atoms with Crippen LogP contribution in [0.2, 0.25) is 5.02 Å². The van der Waals surface area contributed by atoms with Gasteiger partial charge in [-0.25, -0.2) is 9.97 Å². The molecule has 0 atom stereocenters. The lowest BCUT2D eigenvalue weighted by molar-refractivity contribution is 0.999. The predicted octanol–water partition coefficient (Wildman–Crippen LogP) is 4.23. The van der Waals surface area contributed by atoms with E-state index in [0.717, 1.165) is 20.1 Å². The summed E-state index contributed by atoms with van der Waals surface area (Å²) >= 11 is 11.1. The Kier molecular flexibility index (Phi) is 4.86. The smallest absolute Gasteiger partial charge is 0.223 e. The monoisotopic (exact) mass is 343 g/mol. The molecule has 0 saturated carbocycles. The number of nitrogens with zero attached hydrogens (tertiary/aromatic N) is 2. The van der Waals surface area contributed by atoms with E-state index in [4.69, 9.17) is 11.6 Å². The molecule has 0 amide bonds. The second-order valence-electron chi connectivity index (χ2n) is 3.51. The maximum atomic E-state index is 6.14. The third-order valence-electron chi connectivity index (χ3n) is 2.29. The van der Waals surface area contributed by atoms with Crippen LogP contribution in [0, 0.1) is 0 Å². The minimum Gasteiger partial charge on any atom is -0.350 e.